The molecule has 0 spiro atoms. The molecule has 1 aromatic rings. The van der Waals surface area contributed by atoms with Crippen LogP contribution in [0.1, 0.15) is 33.6 Å². The van der Waals surface area contributed by atoms with Gasteiger partial charge in [0.25, 0.3) is 0 Å². The largest absolute Gasteiger partial charge is 0.444 e. The molecule has 0 bridgehead atoms. The van der Waals surface area contributed by atoms with Crippen LogP contribution in [0.15, 0.2) is 22.7 Å². The highest BCUT2D eigenvalue weighted by Gasteiger charge is 2.31. The molecule has 1 fully saturated rings. The molecule has 1 saturated heterocycles. The normalized spacial score (nSPS) is 18.4. The molecule has 22 heavy (non-hydrogen) atoms. The number of nitrogens with zero attached hydrogens (tertiary/aromatic N) is 1. The van der Waals surface area contributed by atoms with Crippen molar-refractivity contribution >= 4 is 39.3 Å². The van der Waals surface area contributed by atoms with Crippen LogP contribution in [0.2, 0.25) is 5.02 Å². The fourth-order valence-corrected chi connectivity index (χ4v) is 3.03. The lowest BCUT2D eigenvalue weighted by Gasteiger charge is -2.29. The van der Waals surface area contributed by atoms with Gasteiger partial charge in [-0.2, -0.15) is 0 Å². The Hall–Kier alpha value is -0.940. The molecule has 1 aliphatic heterocycles. The third-order valence-corrected chi connectivity index (χ3v) is 4.39. The predicted octanol–water partition coefficient (Wildman–Crippen LogP) is 4.91. The summed E-state index contributed by atoms with van der Waals surface area (Å²) >= 11 is 9.52. The zero-order valence-electron chi connectivity index (χ0n) is 13.2. The van der Waals surface area contributed by atoms with E-state index in [0.29, 0.717) is 11.6 Å². The number of amides is 1. The highest BCUT2D eigenvalue weighted by atomic mass is 79.9. The minimum Gasteiger partial charge on any atom is -0.444 e. The Morgan fingerprint density at radius 2 is 2.23 bits per heavy atom. The number of nitrogens with one attached hydrogen (secondary N) is 1. The van der Waals surface area contributed by atoms with Crippen molar-refractivity contribution in [2.45, 2.75) is 45.3 Å². The van der Waals surface area contributed by atoms with Gasteiger partial charge in [0.2, 0.25) is 0 Å². The molecule has 1 atom stereocenters. The van der Waals surface area contributed by atoms with E-state index in [2.05, 4.69) is 21.2 Å². The Kier molecular flexibility index (Phi) is 5.61. The molecule has 1 unspecified atom stereocenters. The maximum absolute atomic E-state index is 12.2. The first-order valence-electron chi connectivity index (χ1n) is 7.45. The molecule has 1 heterocycles. The van der Waals surface area contributed by atoms with Crippen LogP contribution in [-0.4, -0.2) is 35.7 Å². The van der Waals surface area contributed by atoms with E-state index in [9.17, 15) is 4.79 Å². The molecule has 1 aromatic carbocycles. The highest BCUT2D eigenvalue weighted by Crippen LogP contribution is 2.27. The molecule has 6 heteroatoms. The fraction of sp³-hybridized carbons (Fsp3) is 0.562. The van der Waals surface area contributed by atoms with E-state index in [1.54, 1.807) is 0 Å². The molecule has 4 nitrogen and oxygen atoms in total. The summed E-state index contributed by atoms with van der Waals surface area (Å²) in [7, 11) is 0. The molecule has 1 aliphatic rings. The second kappa shape index (κ2) is 7.09. The summed E-state index contributed by atoms with van der Waals surface area (Å²) in [6.07, 6.45) is 1.74. The van der Waals surface area contributed by atoms with Gasteiger partial charge < -0.3 is 15.0 Å². The van der Waals surface area contributed by atoms with Gasteiger partial charge in [0, 0.05) is 28.3 Å². The van der Waals surface area contributed by atoms with E-state index in [-0.39, 0.29) is 12.1 Å². The number of carbonyl (C=O) groups excluding carboxylic acids is 1. The zero-order chi connectivity index (χ0) is 16.3. The third kappa shape index (κ3) is 4.78. The van der Waals surface area contributed by atoms with E-state index in [1.165, 1.54) is 0 Å². The van der Waals surface area contributed by atoms with Crippen molar-refractivity contribution in [1.82, 2.24) is 4.90 Å². The van der Waals surface area contributed by atoms with Crippen molar-refractivity contribution in [3.8, 4) is 0 Å². The van der Waals surface area contributed by atoms with Crippen LogP contribution in [0.4, 0.5) is 10.5 Å². The van der Waals surface area contributed by atoms with Crippen molar-refractivity contribution in [2.75, 3.05) is 18.4 Å². The highest BCUT2D eigenvalue weighted by molar-refractivity contribution is 9.10. The third-order valence-electron chi connectivity index (χ3n) is 3.46. The SMILES string of the molecule is CC(C)(C)OC(=O)N1CCCC1CNc1cc(Cl)ccc1Br. The van der Waals surface area contributed by atoms with Gasteiger partial charge in [0.15, 0.2) is 0 Å². The first-order valence-corrected chi connectivity index (χ1v) is 8.62. The van der Waals surface area contributed by atoms with Crippen molar-refractivity contribution < 1.29 is 9.53 Å². The van der Waals surface area contributed by atoms with E-state index < -0.39 is 5.60 Å². The van der Waals surface area contributed by atoms with Crippen LogP contribution >= 0.6 is 27.5 Å². The van der Waals surface area contributed by atoms with Crippen LogP contribution in [0.5, 0.6) is 0 Å². The van der Waals surface area contributed by atoms with Crippen molar-refractivity contribution in [2.24, 2.45) is 0 Å². The van der Waals surface area contributed by atoms with E-state index in [1.807, 2.05) is 43.9 Å². The van der Waals surface area contributed by atoms with Crippen LogP contribution in [0.3, 0.4) is 0 Å². The average molecular weight is 390 g/mol. The molecule has 1 N–H and O–H groups in total. The topological polar surface area (TPSA) is 41.6 Å². The van der Waals surface area contributed by atoms with Crippen LogP contribution in [-0.2, 0) is 4.74 Å². The lowest BCUT2D eigenvalue weighted by molar-refractivity contribution is 0.0235. The summed E-state index contributed by atoms with van der Waals surface area (Å²) < 4.78 is 6.43. The first-order chi connectivity index (χ1) is 10.3. The van der Waals surface area contributed by atoms with Crippen molar-refractivity contribution in [3.05, 3.63) is 27.7 Å². The van der Waals surface area contributed by atoms with Crippen LogP contribution < -0.4 is 5.32 Å². The standard InChI is InChI=1S/C16H22BrClN2O2/c1-16(2,3)22-15(21)20-8-4-5-12(20)10-19-14-9-11(18)6-7-13(14)17/h6-7,9,12,19H,4-5,8,10H2,1-3H3. The zero-order valence-corrected chi connectivity index (χ0v) is 15.5. The number of ether oxygens (including phenoxy) is 1. The predicted molar refractivity (Wildman–Crippen MR) is 93.6 cm³/mol. The number of benzene rings is 1. The maximum Gasteiger partial charge on any atom is 0.410 e. The van der Waals surface area contributed by atoms with Gasteiger partial charge in [-0.3, -0.25) is 0 Å². The molecule has 0 aromatic heterocycles. The molecular formula is C16H22BrClN2O2. The first kappa shape index (κ1) is 17.4. The Balaban J connectivity index is 1.97. The van der Waals surface area contributed by atoms with Gasteiger partial charge in [-0.15, -0.1) is 0 Å². The van der Waals surface area contributed by atoms with E-state index in [4.69, 9.17) is 16.3 Å². The Labute approximate surface area is 145 Å². The van der Waals surface area contributed by atoms with E-state index >= 15 is 0 Å². The Morgan fingerprint density at radius 1 is 1.50 bits per heavy atom. The van der Waals surface area contributed by atoms with Gasteiger partial charge in [-0.05, 0) is 67.7 Å². The molecular weight excluding hydrogens is 368 g/mol. The maximum atomic E-state index is 12.2. The number of rotatable bonds is 3. The lowest BCUT2D eigenvalue weighted by Crippen LogP contribution is -2.42. The summed E-state index contributed by atoms with van der Waals surface area (Å²) in [5, 5.41) is 4.04. The Morgan fingerprint density at radius 3 is 2.91 bits per heavy atom. The van der Waals surface area contributed by atoms with Gasteiger partial charge >= 0.3 is 6.09 Å². The van der Waals surface area contributed by atoms with Gasteiger partial charge in [0.1, 0.15) is 5.60 Å². The van der Waals surface area contributed by atoms with E-state index in [0.717, 1.165) is 29.5 Å². The fourth-order valence-electron chi connectivity index (χ4n) is 2.47. The summed E-state index contributed by atoms with van der Waals surface area (Å²) in [6, 6.07) is 5.75. The smallest absolute Gasteiger partial charge is 0.410 e. The minimum atomic E-state index is -0.465. The van der Waals surface area contributed by atoms with Gasteiger partial charge in [0.05, 0.1) is 6.04 Å². The summed E-state index contributed by atoms with van der Waals surface area (Å²) in [5.41, 5.74) is 0.469. The van der Waals surface area contributed by atoms with Crippen molar-refractivity contribution in [3.63, 3.8) is 0 Å². The second-order valence-corrected chi connectivity index (χ2v) is 7.77. The molecule has 1 amide bonds. The molecule has 0 radical (unpaired) electrons. The van der Waals surface area contributed by atoms with Gasteiger partial charge in [-0.25, -0.2) is 4.79 Å². The molecule has 122 valence electrons. The monoisotopic (exact) mass is 388 g/mol. The number of hydrogen-bond acceptors (Lipinski definition) is 3. The summed E-state index contributed by atoms with van der Waals surface area (Å²) in [4.78, 5) is 14.1. The number of carbonyl (C=O) groups is 1. The number of halogens is 2. The van der Waals surface area contributed by atoms with Crippen LogP contribution in [0, 0.1) is 0 Å². The molecule has 2 rings (SSSR count). The number of anilines is 1. The molecule has 0 saturated carbocycles. The summed E-state index contributed by atoms with van der Waals surface area (Å²) in [6.45, 7) is 7.09. The van der Waals surface area contributed by atoms with Crippen molar-refractivity contribution in [1.29, 1.82) is 0 Å². The number of hydrogen-bond donors (Lipinski definition) is 1. The van der Waals surface area contributed by atoms with Crippen LogP contribution in [0.25, 0.3) is 0 Å². The van der Waals surface area contributed by atoms with Gasteiger partial charge in [-0.1, -0.05) is 11.6 Å². The summed E-state index contributed by atoms with van der Waals surface area (Å²) in [5.74, 6) is 0. The number of likely N-dealkylation sites (tertiary alicyclic amines) is 1. The lowest BCUT2D eigenvalue weighted by atomic mass is 10.2. The minimum absolute atomic E-state index is 0.140. The Bertz CT molecular complexity index is 545. The quantitative estimate of drug-likeness (QED) is 0.798. The average Bonchev–Trinajstić information content (AvgIpc) is 2.86. The second-order valence-electron chi connectivity index (χ2n) is 6.47. The molecule has 0 aliphatic carbocycles.